The average Bonchev–Trinajstić information content (AvgIpc) is 2.30. The van der Waals surface area contributed by atoms with Crippen molar-refractivity contribution in [3.05, 3.63) is 35.4 Å². The molecule has 2 heterocycles. The van der Waals surface area contributed by atoms with E-state index in [9.17, 15) is 0 Å². The van der Waals surface area contributed by atoms with E-state index in [2.05, 4.69) is 29.6 Å². The van der Waals surface area contributed by atoms with E-state index >= 15 is 0 Å². The molecule has 0 aromatic heterocycles. The number of rotatable bonds is 1. The zero-order valence-electron chi connectivity index (χ0n) is 9.07. The molecule has 2 nitrogen and oxygen atoms in total. The first-order valence-corrected chi connectivity index (χ1v) is 5.79. The summed E-state index contributed by atoms with van der Waals surface area (Å²) in [5, 5.41) is 3.38. The van der Waals surface area contributed by atoms with Crippen molar-refractivity contribution in [3.8, 4) is 0 Å². The molecule has 2 heteroatoms. The molecule has 2 aliphatic rings. The van der Waals surface area contributed by atoms with E-state index in [1.54, 1.807) is 0 Å². The Kier molecular flexibility index (Phi) is 2.26. The summed E-state index contributed by atoms with van der Waals surface area (Å²) < 4.78 is 6.09. The van der Waals surface area contributed by atoms with Crippen LogP contribution in [-0.2, 0) is 11.2 Å². The molecule has 1 fully saturated rings. The van der Waals surface area contributed by atoms with Crippen molar-refractivity contribution in [2.75, 3.05) is 7.05 Å². The van der Waals surface area contributed by atoms with Gasteiger partial charge in [-0.25, -0.2) is 0 Å². The van der Waals surface area contributed by atoms with E-state index in [-0.39, 0.29) is 6.10 Å². The van der Waals surface area contributed by atoms with Crippen molar-refractivity contribution in [1.82, 2.24) is 5.32 Å². The van der Waals surface area contributed by atoms with Gasteiger partial charge in [-0.05, 0) is 37.4 Å². The monoisotopic (exact) mass is 203 g/mol. The lowest BCUT2D eigenvalue weighted by atomic mass is 9.83. The van der Waals surface area contributed by atoms with Crippen LogP contribution < -0.4 is 5.32 Å². The van der Waals surface area contributed by atoms with Gasteiger partial charge in [-0.15, -0.1) is 0 Å². The van der Waals surface area contributed by atoms with Gasteiger partial charge in [0.05, 0.1) is 12.2 Å². The number of fused-ring (bicyclic) bond motifs is 4. The zero-order valence-corrected chi connectivity index (χ0v) is 9.07. The molecule has 0 aliphatic carbocycles. The molecule has 0 amide bonds. The number of hydrogen-bond acceptors (Lipinski definition) is 2. The van der Waals surface area contributed by atoms with Gasteiger partial charge in [0.2, 0.25) is 0 Å². The van der Waals surface area contributed by atoms with E-state index < -0.39 is 0 Å². The highest BCUT2D eigenvalue weighted by Gasteiger charge is 2.36. The molecule has 1 saturated heterocycles. The Labute approximate surface area is 90.6 Å². The third-order valence-corrected chi connectivity index (χ3v) is 3.68. The summed E-state index contributed by atoms with van der Waals surface area (Å²) >= 11 is 0. The zero-order chi connectivity index (χ0) is 10.3. The molecular formula is C13H17NO. The smallest absolute Gasteiger partial charge is 0.0984 e. The first kappa shape index (κ1) is 9.37. The standard InChI is InChI=1S/C13H17NO/c1-14-12-7-6-10-8-9-4-2-3-5-11(9)13(12)15-10/h2-5,10,12-14H,6-8H2,1H3/t10-,12?,13-/m1/s1. The Morgan fingerprint density at radius 2 is 2.13 bits per heavy atom. The Balaban J connectivity index is 2.01. The number of benzene rings is 1. The van der Waals surface area contributed by atoms with Crippen molar-refractivity contribution in [3.63, 3.8) is 0 Å². The van der Waals surface area contributed by atoms with Crippen molar-refractivity contribution in [1.29, 1.82) is 0 Å². The fourth-order valence-electron chi connectivity index (χ4n) is 2.87. The maximum atomic E-state index is 6.09. The first-order valence-electron chi connectivity index (χ1n) is 5.79. The van der Waals surface area contributed by atoms with Crippen LogP contribution in [0.4, 0.5) is 0 Å². The minimum absolute atomic E-state index is 0.277. The lowest BCUT2D eigenvalue weighted by Crippen LogP contribution is -2.44. The predicted molar refractivity (Wildman–Crippen MR) is 59.8 cm³/mol. The third kappa shape index (κ3) is 1.48. The number of hydrogen-bond donors (Lipinski definition) is 1. The van der Waals surface area contributed by atoms with Gasteiger partial charge >= 0.3 is 0 Å². The summed E-state index contributed by atoms with van der Waals surface area (Å²) in [4.78, 5) is 0. The molecule has 0 radical (unpaired) electrons. The summed E-state index contributed by atoms with van der Waals surface area (Å²) in [6.45, 7) is 0. The van der Waals surface area contributed by atoms with Crippen molar-refractivity contribution >= 4 is 0 Å². The van der Waals surface area contributed by atoms with Gasteiger partial charge < -0.3 is 10.1 Å². The van der Waals surface area contributed by atoms with E-state index in [4.69, 9.17) is 4.74 Å². The molecule has 1 aromatic rings. The first-order chi connectivity index (χ1) is 7.38. The fourth-order valence-corrected chi connectivity index (χ4v) is 2.87. The fraction of sp³-hybridized carbons (Fsp3) is 0.538. The summed E-state index contributed by atoms with van der Waals surface area (Å²) in [5.41, 5.74) is 2.88. The highest BCUT2D eigenvalue weighted by Crippen LogP contribution is 2.39. The molecule has 2 bridgehead atoms. The minimum Gasteiger partial charge on any atom is -0.368 e. The number of ether oxygens (including phenoxy) is 1. The maximum absolute atomic E-state index is 6.09. The van der Waals surface area contributed by atoms with Gasteiger partial charge in [0.1, 0.15) is 0 Å². The van der Waals surface area contributed by atoms with Crippen LogP contribution in [0.5, 0.6) is 0 Å². The molecule has 0 saturated carbocycles. The molecule has 1 unspecified atom stereocenters. The minimum atomic E-state index is 0.277. The van der Waals surface area contributed by atoms with Gasteiger partial charge in [-0.3, -0.25) is 0 Å². The normalized spacial score (nSPS) is 33.5. The van der Waals surface area contributed by atoms with E-state index in [0.717, 1.165) is 6.42 Å². The average molecular weight is 203 g/mol. The van der Waals surface area contributed by atoms with Gasteiger partial charge in [0.25, 0.3) is 0 Å². The second-order valence-electron chi connectivity index (χ2n) is 4.55. The van der Waals surface area contributed by atoms with Gasteiger partial charge in [0, 0.05) is 6.04 Å². The van der Waals surface area contributed by atoms with Gasteiger partial charge in [-0.2, -0.15) is 0 Å². The molecule has 2 aliphatic heterocycles. The summed E-state index contributed by atoms with van der Waals surface area (Å²) in [7, 11) is 2.03. The molecule has 15 heavy (non-hydrogen) atoms. The number of nitrogens with one attached hydrogen (secondary N) is 1. The topological polar surface area (TPSA) is 21.3 Å². The second-order valence-corrected chi connectivity index (χ2v) is 4.55. The molecule has 3 atom stereocenters. The molecular weight excluding hydrogens is 186 g/mol. The largest absolute Gasteiger partial charge is 0.368 e. The van der Waals surface area contributed by atoms with Crippen LogP contribution in [0.15, 0.2) is 24.3 Å². The Morgan fingerprint density at radius 1 is 1.27 bits per heavy atom. The molecule has 1 aromatic carbocycles. The van der Waals surface area contributed by atoms with Crippen molar-refractivity contribution in [2.24, 2.45) is 0 Å². The van der Waals surface area contributed by atoms with Crippen LogP contribution in [0, 0.1) is 0 Å². The molecule has 1 N–H and O–H groups in total. The van der Waals surface area contributed by atoms with E-state index in [1.165, 1.54) is 24.0 Å². The summed E-state index contributed by atoms with van der Waals surface area (Å²) in [6, 6.07) is 9.20. The summed E-state index contributed by atoms with van der Waals surface area (Å²) in [5.74, 6) is 0. The van der Waals surface area contributed by atoms with Crippen LogP contribution in [-0.4, -0.2) is 19.2 Å². The maximum Gasteiger partial charge on any atom is 0.0984 e. The second kappa shape index (κ2) is 3.62. The highest BCUT2D eigenvalue weighted by atomic mass is 16.5. The van der Waals surface area contributed by atoms with Gasteiger partial charge in [-0.1, -0.05) is 24.3 Å². The lowest BCUT2D eigenvalue weighted by Gasteiger charge is -2.41. The molecule has 3 rings (SSSR count). The van der Waals surface area contributed by atoms with Crippen molar-refractivity contribution in [2.45, 2.75) is 37.5 Å². The van der Waals surface area contributed by atoms with Crippen LogP contribution in [0.2, 0.25) is 0 Å². The van der Waals surface area contributed by atoms with Gasteiger partial charge in [0.15, 0.2) is 0 Å². The Morgan fingerprint density at radius 3 is 3.00 bits per heavy atom. The molecule has 80 valence electrons. The quantitative estimate of drug-likeness (QED) is 0.754. The Bertz CT molecular complexity index is 363. The summed E-state index contributed by atoms with van der Waals surface area (Å²) in [6.07, 6.45) is 4.26. The van der Waals surface area contributed by atoms with E-state index in [0.29, 0.717) is 12.1 Å². The predicted octanol–water partition coefficient (Wildman–Crippen LogP) is 2.05. The lowest BCUT2D eigenvalue weighted by molar-refractivity contribution is -0.0793. The SMILES string of the molecule is CNC1CC[C@@H]2Cc3ccccc3[C@H]1O2. The van der Waals surface area contributed by atoms with Crippen LogP contribution >= 0.6 is 0 Å². The highest BCUT2D eigenvalue weighted by molar-refractivity contribution is 5.33. The van der Waals surface area contributed by atoms with Crippen molar-refractivity contribution < 1.29 is 4.74 Å². The van der Waals surface area contributed by atoms with Crippen LogP contribution in [0.25, 0.3) is 0 Å². The molecule has 0 spiro atoms. The Hall–Kier alpha value is -0.860. The third-order valence-electron chi connectivity index (χ3n) is 3.68. The van der Waals surface area contributed by atoms with Crippen LogP contribution in [0.3, 0.4) is 0 Å². The van der Waals surface area contributed by atoms with Crippen LogP contribution in [0.1, 0.15) is 30.1 Å². The van der Waals surface area contributed by atoms with E-state index in [1.807, 2.05) is 7.05 Å². The number of likely N-dealkylation sites (N-methyl/N-ethyl adjacent to an activating group) is 1.